The average molecular weight is 207 g/mol. The molecule has 3 N–H and O–H groups in total. The van der Waals surface area contributed by atoms with Crippen LogP contribution >= 0.6 is 0 Å². The maximum Gasteiger partial charge on any atom is 0.232 e. The van der Waals surface area contributed by atoms with Crippen LogP contribution in [0.2, 0.25) is 0 Å². The van der Waals surface area contributed by atoms with E-state index in [1.807, 2.05) is 19.1 Å². The van der Waals surface area contributed by atoms with E-state index in [1.165, 1.54) is 0 Å². The minimum atomic E-state index is -0.564. The van der Waals surface area contributed by atoms with Crippen LogP contribution in [0, 0.1) is 12.3 Å². The van der Waals surface area contributed by atoms with Crippen LogP contribution in [0.3, 0.4) is 0 Å². The van der Waals surface area contributed by atoms with Crippen molar-refractivity contribution in [1.82, 2.24) is 4.98 Å². The number of carbonyl (C=O) groups is 1. The summed E-state index contributed by atoms with van der Waals surface area (Å²) in [5.74, 6) is 0.463. The predicted octanol–water partition coefficient (Wildman–Crippen LogP) is 1.31. The number of carbonyl (C=O) groups excluding carboxylic acids is 1. The van der Waals surface area contributed by atoms with Gasteiger partial charge in [-0.1, -0.05) is 6.07 Å². The minimum absolute atomic E-state index is 0.108. The van der Waals surface area contributed by atoms with Gasteiger partial charge in [-0.25, -0.2) is 4.98 Å². The third-order valence-corrected chi connectivity index (χ3v) is 2.25. The van der Waals surface area contributed by atoms with Gasteiger partial charge in [0.1, 0.15) is 5.82 Å². The van der Waals surface area contributed by atoms with E-state index >= 15 is 0 Å². The molecule has 0 aliphatic heterocycles. The number of rotatable bonds is 3. The lowest BCUT2D eigenvalue weighted by Gasteiger charge is -2.20. The van der Waals surface area contributed by atoms with Crippen molar-refractivity contribution in [2.45, 2.75) is 20.8 Å². The first kappa shape index (κ1) is 11.7. The Morgan fingerprint density at radius 3 is 2.73 bits per heavy atom. The lowest BCUT2D eigenvalue weighted by atomic mass is 9.93. The van der Waals surface area contributed by atoms with Crippen LogP contribution in [0.15, 0.2) is 18.2 Å². The van der Waals surface area contributed by atoms with E-state index < -0.39 is 5.41 Å². The molecule has 1 heterocycles. The van der Waals surface area contributed by atoms with E-state index in [0.717, 1.165) is 5.69 Å². The normalized spacial score (nSPS) is 11.2. The highest BCUT2D eigenvalue weighted by atomic mass is 16.2. The second-order valence-corrected chi connectivity index (χ2v) is 4.21. The van der Waals surface area contributed by atoms with E-state index in [2.05, 4.69) is 10.3 Å². The maximum atomic E-state index is 11.7. The molecule has 1 rings (SSSR count). The molecular weight excluding hydrogens is 190 g/mol. The van der Waals surface area contributed by atoms with Crippen LogP contribution in [0.5, 0.6) is 0 Å². The molecule has 0 bridgehead atoms. The van der Waals surface area contributed by atoms with Gasteiger partial charge in [0.25, 0.3) is 0 Å². The van der Waals surface area contributed by atoms with Crippen molar-refractivity contribution < 1.29 is 4.79 Å². The van der Waals surface area contributed by atoms with Gasteiger partial charge in [-0.3, -0.25) is 4.79 Å². The number of nitrogens with one attached hydrogen (secondary N) is 1. The Morgan fingerprint density at radius 2 is 2.20 bits per heavy atom. The fourth-order valence-corrected chi connectivity index (χ4v) is 0.991. The van der Waals surface area contributed by atoms with Gasteiger partial charge in [0.2, 0.25) is 5.91 Å². The highest BCUT2D eigenvalue weighted by Gasteiger charge is 2.25. The summed E-state index contributed by atoms with van der Waals surface area (Å²) in [6, 6.07) is 5.49. The number of nitrogens with zero attached hydrogens (tertiary/aromatic N) is 1. The molecule has 0 saturated heterocycles. The molecule has 1 aromatic rings. The molecular formula is C11H17N3O. The smallest absolute Gasteiger partial charge is 0.232 e. The maximum absolute atomic E-state index is 11.7. The topological polar surface area (TPSA) is 68.0 Å². The van der Waals surface area contributed by atoms with Crippen molar-refractivity contribution in [3.8, 4) is 0 Å². The van der Waals surface area contributed by atoms with Crippen LogP contribution in [0.4, 0.5) is 5.82 Å². The molecule has 0 aliphatic carbocycles. The summed E-state index contributed by atoms with van der Waals surface area (Å²) in [5, 5.41) is 2.74. The highest BCUT2D eigenvalue weighted by Crippen LogP contribution is 2.15. The van der Waals surface area contributed by atoms with Gasteiger partial charge in [-0.2, -0.15) is 0 Å². The molecule has 0 atom stereocenters. The standard InChI is InChI=1S/C11H17N3O/c1-8-5-4-6-9(13-8)14-10(15)11(2,3)7-12/h4-6H,7,12H2,1-3H3,(H,13,14,15). The SMILES string of the molecule is Cc1cccc(NC(=O)C(C)(C)CN)n1. The molecule has 0 unspecified atom stereocenters. The molecule has 1 amide bonds. The number of aromatic nitrogens is 1. The number of nitrogens with two attached hydrogens (primary N) is 1. The summed E-state index contributed by atoms with van der Waals surface area (Å²) in [6.45, 7) is 5.80. The van der Waals surface area contributed by atoms with E-state index in [1.54, 1.807) is 19.9 Å². The monoisotopic (exact) mass is 207 g/mol. The lowest BCUT2D eigenvalue weighted by molar-refractivity contribution is -0.123. The van der Waals surface area contributed by atoms with Crippen molar-refractivity contribution >= 4 is 11.7 Å². The minimum Gasteiger partial charge on any atom is -0.329 e. The Labute approximate surface area is 89.9 Å². The summed E-state index contributed by atoms with van der Waals surface area (Å²) in [5.41, 5.74) is 5.82. The van der Waals surface area contributed by atoms with E-state index in [0.29, 0.717) is 12.4 Å². The predicted molar refractivity (Wildman–Crippen MR) is 60.4 cm³/mol. The van der Waals surface area contributed by atoms with Gasteiger partial charge < -0.3 is 11.1 Å². The second-order valence-electron chi connectivity index (χ2n) is 4.21. The van der Waals surface area contributed by atoms with E-state index in [-0.39, 0.29) is 5.91 Å². The average Bonchev–Trinajstić information content (AvgIpc) is 2.17. The molecule has 0 aromatic carbocycles. The first-order chi connectivity index (χ1) is 6.95. The Morgan fingerprint density at radius 1 is 1.53 bits per heavy atom. The molecule has 4 heteroatoms. The Balaban J connectivity index is 2.75. The third-order valence-electron chi connectivity index (χ3n) is 2.25. The number of anilines is 1. The van der Waals surface area contributed by atoms with Crippen LogP contribution in [-0.4, -0.2) is 17.4 Å². The zero-order chi connectivity index (χ0) is 11.5. The fourth-order valence-electron chi connectivity index (χ4n) is 0.991. The molecule has 0 aliphatic rings. The summed E-state index contributed by atoms with van der Waals surface area (Å²) < 4.78 is 0. The van der Waals surface area contributed by atoms with Crippen molar-refractivity contribution in [1.29, 1.82) is 0 Å². The van der Waals surface area contributed by atoms with Crippen molar-refractivity contribution in [2.24, 2.45) is 11.1 Å². The first-order valence-corrected chi connectivity index (χ1v) is 4.91. The molecule has 4 nitrogen and oxygen atoms in total. The number of amides is 1. The highest BCUT2D eigenvalue weighted by molar-refractivity contribution is 5.94. The van der Waals surface area contributed by atoms with Gasteiger partial charge in [-0.05, 0) is 32.9 Å². The van der Waals surface area contributed by atoms with Gasteiger partial charge in [0.05, 0.1) is 5.41 Å². The third kappa shape index (κ3) is 3.02. The van der Waals surface area contributed by atoms with E-state index in [9.17, 15) is 4.79 Å². The number of hydrogen-bond acceptors (Lipinski definition) is 3. The quantitative estimate of drug-likeness (QED) is 0.785. The van der Waals surface area contributed by atoms with Crippen LogP contribution in [-0.2, 0) is 4.79 Å². The number of hydrogen-bond donors (Lipinski definition) is 2. The zero-order valence-corrected chi connectivity index (χ0v) is 9.37. The Hall–Kier alpha value is -1.42. The number of aryl methyl sites for hydroxylation is 1. The summed E-state index contributed by atoms with van der Waals surface area (Å²) >= 11 is 0. The Bertz CT molecular complexity index is 361. The molecule has 82 valence electrons. The fraction of sp³-hybridized carbons (Fsp3) is 0.455. The van der Waals surface area contributed by atoms with Crippen LogP contribution in [0.25, 0.3) is 0 Å². The van der Waals surface area contributed by atoms with Gasteiger partial charge in [0.15, 0.2) is 0 Å². The van der Waals surface area contributed by atoms with Crippen LogP contribution in [0.1, 0.15) is 19.5 Å². The van der Waals surface area contributed by atoms with E-state index in [4.69, 9.17) is 5.73 Å². The van der Waals surface area contributed by atoms with Crippen molar-refractivity contribution in [3.63, 3.8) is 0 Å². The molecule has 1 aromatic heterocycles. The summed E-state index contributed by atoms with van der Waals surface area (Å²) in [7, 11) is 0. The zero-order valence-electron chi connectivity index (χ0n) is 9.37. The lowest BCUT2D eigenvalue weighted by Crippen LogP contribution is -2.37. The molecule has 0 spiro atoms. The van der Waals surface area contributed by atoms with Gasteiger partial charge in [0, 0.05) is 12.2 Å². The Kier molecular flexibility index (Phi) is 3.42. The van der Waals surface area contributed by atoms with Crippen molar-refractivity contribution in [2.75, 3.05) is 11.9 Å². The first-order valence-electron chi connectivity index (χ1n) is 4.91. The second kappa shape index (κ2) is 4.40. The number of pyridine rings is 1. The molecule has 0 radical (unpaired) electrons. The molecule has 0 saturated carbocycles. The summed E-state index contributed by atoms with van der Waals surface area (Å²) in [4.78, 5) is 15.9. The van der Waals surface area contributed by atoms with Gasteiger partial charge >= 0.3 is 0 Å². The molecule has 15 heavy (non-hydrogen) atoms. The van der Waals surface area contributed by atoms with Gasteiger partial charge in [-0.15, -0.1) is 0 Å². The molecule has 0 fully saturated rings. The van der Waals surface area contributed by atoms with Crippen LogP contribution < -0.4 is 11.1 Å². The largest absolute Gasteiger partial charge is 0.329 e. The van der Waals surface area contributed by atoms with Crippen molar-refractivity contribution in [3.05, 3.63) is 23.9 Å². The summed E-state index contributed by atoms with van der Waals surface area (Å²) in [6.07, 6.45) is 0.